The molecule has 1 aliphatic heterocycles. The van der Waals surface area contributed by atoms with Crippen molar-refractivity contribution in [3.63, 3.8) is 0 Å². The Morgan fingerprint density at radius 3 is 2.74 bits per heavy atom. The quantitative estimate of drug-likeness (QED) is 0.608. The van der Waals surface area contributed by atoms with Gasteiger partial charge in [0.1, 0.15) is 0 Å². The highest BCUT2D eigenvalue weighted by molar-refractivity contribution is 8.15. The minimum atomic E-state index is -0.0607. The molecule has 0 saturated carbocycles. The second kappa shape index (κ2) is 7.57. The maximum atomic E-state index is 12.5. The Morgan fingerprint density at radius 1 is 1.22 bits per heavy atom. The molecule has 0 N–H and O–H groups in total. The summed E-state index contributed by atoms with van der Waals surface area (Å²) in [6, 6.07) is 13.9. The summed E-state index contributed by atoms with van der Waals surface area (Å²) >= 11 is 3.11. The van der Waals surface area contributed by atoms with Gasteiger partial charge in [-0.25, -0.2) is 0 Å². The van der Waals surface area contributed by atoms with E-state index < -0.39 is 0 Å². The van der Waals surface area contributed by atoms with E-state index in [1.165, 1.54) is 11.8 Å². The molecule has 118 valence electrons. The molecule has 6 heteroatoms. The number of nitrogens with zero attached hydrogens (tertiary/aromatic N) is 3. The zero-order valence-corrected chi connectivity index (χ0v) is 14.4. The van der Waals surface area contributed by atoms with E-state index in [0.717, 1.165) is 16.9 Å². The molecule has 1 unspecified atom stereocenters. The maximum Gasteiger partial charge on any atom is 0.242 e. The second-order valence-electron chi connectivity index (χ2n) is 5.07. The van der Waals surface area contributed by atoms with Gasteiger partial charge in [-0.05, 0) is 23.4 Å². The first-order chi connectivity index (χ1) is 11.3. The number of rotatable bonds is 5. The molecule has 0 radical (unpaired) electrons. The molecule has 23 heavy (non-hydrogen) atoms. The van der Waals surface area contributed by atoms with Crippen LogP contribution in [0.3, 0.4) is 0 Å². The lowest BCUT2D eigenvalue weighted by atomic mass is 10.2. The molecule has 0 bridgehead atoms. The number of thiophene rings is 1. The maximum absolute atomic E-state index is 12.5. The van der Waals surface area contributed by atoms with E-state index in [9.17, 15) is 4.79 Å². The van der Waals surface area contributed by atoms with Crippen molar-refractivity contribution in [3.05, 3.63) is 58.3 Å². The van der Waals surface area contributed by atoms with Gasteiger partial charge in [-0.15, -0.1) is 16.4 Å². The van der Waals surface area contributed by atoms with Gasteiger partial charge in [-0.2, -0.15) is 5.10 Å². The fraction of sp³-hybridized carbons (Fsp3) is 0.235. The predicted octanol–water partition coefficient (Wildman–Crippen LogP) is 3.99. The number of hydrogen-bond acceptors (Lipinski definition) is 5. The summed E-state index contributed by atoms with van der Waals surface area (Å²) in [7, 11) is 0. The summed E-state index contributed by atoms with van der Waals surface area (Å²) in [5.41, 5.74) is 1.09. The van der Waals surface area contributed by atoms with E-state index in [1.54, 1.807) is 22.5 Å². The van der Waals surface area contributed by atoms with Crippen LogP contribution < -0.4 is 0 Å². The van der Waals surface area contributed by atoms with E-state index in [1.807, 2.05) is 54.8 Å². The number of thioether (sulfide) groups is 1. The first kappa shape index (κ1) is 16.0. The molecule has 0 spiro atoms. The number of amidine groups is 1. The van der Waals surface area contributed by atoms with Gasteiger partial charge in [-0.1, -0.05) is 55.1 Å². The van der Waals surface area contributed by atoms with Gasteiger partial charge < -0.3 is 0 Å². The van der Waals surface area contributed by atoms with Crippen LogP contribution in [0.15, 0.2) is 58.0 Å². The van der Waals surface area contributed by atoms with E-state index in [4.69, 9.17) is 0 Å². The van der Waals surface area contributed by atoms with Crippen LogP contribution in [0.1, 0.15) is 23.8 Å². The molecule has 1 aliphatic rings. The molecule has 1 saturated heterocycles. The van der Waals surface area contributed by atoms with Crippen LogP contribution in [-0.2, 0) is 11.3 Å². The topological polar surface area (TPSA) is 45.0 Å². The number of carbonyl (C=O) groups excluding carboxylic acids is 1. The summed E-state index contributed by atoms with van der Waals surface area (Å²) in [5.74, 6) is 0.117. The molecular weight excluding hydrogens is 326 g/mol. The molecule has 0 aliphatic carbocycles. The smallest absolute Gasteiger partial charge is 0.242 e. The van der Waals surface area contributed by atoms with Crippen molar-refractivity contribution in [2.24, 2.45) is 10.2 Å². The number of benzene rings is 1. The van der Waals surface area contributed by atoms with Gasteiger partial charge in [0.15, 0.2) is 5.17 Å². The van der Waals surface area contributed by atoms with Crippen molar-refractivity contribution in [1.82, 2.24) is 4.90 Å². The molecule has 2 aromatic rings. The third kappa shape index (κ3) is 3.89. The Hall–Kier alpha value is -1.92. The fourth-order valence-electron chi connectivity index (χ4n) is 2.26. The van der Waals surface area contributed by atoms with Gasteiger partial charge >= 0.3 is 0 Å². The Bertz CT molecular complexity index is 711. The van der Waals surface area contributed by atoms with Gasteiger partial charge in [-0.3, -0.25) is 9.69 Å². The van der Waals surface area contributed by atoms with E-state index in [0.29, 0.717) is 11.7 Å². The largest absolute Gasteiger partial charge is 0.284 e. The van der Waals surface area contributed by atoms with Gasteiger partial charge in [0.05, 0.1) is 18.0 Å². The van der Waals surface area contributed by atoms with Gasteiger partial charge in [0.2, 0.25) is 5.91 Å². The minimum absolute atomic E-state index is 0.0607. The standard InChI is InChI=1S/C17H17N3OS2/c1-2-15-16(21)20(12-13-7-4-3-5-8-13)17(23-15)19-18-11-14-9-6-10-22-14/h3-11,15H,2,12H2,1H3. The van der Waals surface area contributed by atoms with Crippen LogP contribution in [0.2, 0.25) is 0 Å². The van der Waals surface area contributed by atoms with Crippen LogP contribution in [0.4, 0.5) is 0 Å². The van der Waals surface area contributed by atoms with Crippen molar-refractivity contribution >= 4 is 40.4 Å². The average Bonchev–Trinajstić information content (AvgIpc) is 3.19. The molecule has 1 aromatic heterocycles. The molecular formula is C17H17N3OS2. The molecule has 4 nitrogen and oxygen atoms in total. The van der Waals surface area contributed by atoms with Gasteiger partial charge in [0, 0.05) is 4.88 Å². The van der Waals surface area contributed by atoms with Crippen molar-refractivity contribution in [1.29, 1.82) is 0 Å². The number of amides is 1. The summed E-state index contributed by atoms with van der Waals surface area (Å²) in [6.07, 6.45) is 2.52. The average molecular weight is 343 g/mol. The van der Waals surface area contributed by atoms with Crippen LogP contribution in [0, 0.1) is 0 Å². The predicted molar refractivity (Wildman–Crippen MR) is 98.0 cm³/mol. The SMILES string of the molecule is CCC1SC(=NN=Cc2cccs2)N(Cc2ccccc2)C1=O. The van der Waals surface area contributed by atoms with E-state index in [-0.39, 0.29) is 11.2 Å². The monoisotopic (exact) mass is 343 g/mol. The van der Waals surface area contributed by atoms with E-state index >= 15 is 0 Å². The van der Waals surface area contributed by atoms with Crippen LogP contribution in [-0.4, -0.2) is 27.4 Å². The lowest BCUT2D eigenvalue weighted by Gasteiger charge is -2.15. The van der Waals surface area contributed by atoms with Crippen molar-refractivity contribution in [2.45, 2.75) is 25.1 Å². The third-order valence-corrected chi connectivity index (χ3v) is 5.58. The molecule has 1 aromatic carbocycles. The molecule has 1 amide bonds. The normalized spacial score (nSPS) is 20.0. The molecule has 1 fully saturated rings. The highest BCUT2D eigenvalue weighted by Gasteiger charge is 2.36. The number of carbonyl (C=O) groups is 1. The molecule has 3 rings (SSSR count). The van der Waals surface area contributed by atoms with Crippen molar-refractivity contribution in [2.75, 3.05) is 0 Å². The van der Waals surface area contributed by atoms with Crippen LogP contribution >= 0.6 is 23.1 Å². The zero-order chi connectivity index (χ0) is 16.1. The molecule has 2 heterocycles. The third-order valence-electron chi connectivity index (χ3n) is 3.45. The Kier molecular flexibility index (Phi) is 5.25. The lowest BCUT2D eigenvalue weighted by Crippen LogP contribution is -2.31. The summed E-state index contributed by atoms with van der Waals surface area (Å²) in [5, 5.41) is 11.1. The summed E-state index contributed by atoms with van der Waals surface area (Å²) in [4.78, 5) is 15.3. The van der Waals surface area contributed by atoms with Crippen LogP contribution in [0.5, 0.6) is 0 Å². The van der Waals surface area contributed by atoms with Crippen molar-refractivity contribution in [3.8, 4) is 0 Å². The highest BCUT2D eigenvalue weighted by atomic mass is 32.2. The molecule has 1 atom stereocenters. The summed E-state index contributed by atoms with van der Waals surface area (Å²) < 4.78 is 0. The van der Waals surface area contributed by atoms with Gasteiger partial charge in [0.25, 0.3) is 0 Å². The first-order valence-electron chi connectivity index (χ1n) is 7.44. The van der Waals surface area contributed by atoms with Crippen LogP contribution in [0.25, 0.3) is 0 Å². The lowest BCUT2D eigenvalue weighted by molar-refractivity contribution is -0.126. The first-order valence-corrected chi connectivity index (χ1v) is 9.20. The second-order valence-corrected chi connectivity index (χ2v) is 7.22. The highest BCUT2D eigenvalue weighted by Crippen LogP contribution is 2.30. The Balaban J connectivity index is 1.79. The van der Waals surface area contributed by atoms with Crippen molar-refractivity contribution < 1.29 is 4.79 Å². The minimum Gasteiger partial charge on any atom is -0.284 e. The zero-order valence-electron chi connectivity index (χ0n) is 12.8. The Labute approximate surface area is 143 Å². The fourth-order valence-corrected chi connectivity index (χ4v) is 3.86. The Morgan fingerprint density at radius 2 is 2.04 bits per heavy atom. The summed E-state index contributed by atoms with van der Waals surface area (Å²) in [6.45, 7) is 2.56. The number of hydrogen-bond donors (Lipinski definition) is 0. The van der Waals surface area contributed by atoms with E-state index in [2.05, 4.69) is 10.2 Å².